The summed E-state index contributed by atoms with van der Waals surface area (Å²) in [6, 6.07) is 0. The first-order valence-corrected chi connectivity index (χ1v) is 8.84. The summed E-state index contributed by atoms with van der Waals surface area (Å²) < 4.78 is 16.3. The summed E-state index contributed by atoms with van der Waals surface area (Å²) in [5, 5.41) is 3.83. The average Bonchev–Trinajstić information content (AvgIpc) is 2.89. The second kappa shape index (κ2) is 13.8. The largest absolute Gasteiger partial charge is 0.379 e. The van der Waals surface area contributed by atoms with Crippen LogP contribution in [-0.4, -0.2) is 58.1 Å². The second-order valence-corrected chi connectivity index (χ2v) is 6.29. The molecule has 0 amide bonds. The Morgan fingerprint density at radius 3 is 2.24 bits per heavy atom. The molecular weight excluding hydrogens is 290 g/mol. The van der Waals surface area contributed by atoms with Gasteiger partial charge < -0.3 is 19.5 Å². The summed E-state index contributed by atoms with van der Waals surface area (Å²) in [4.78, 5) is 0. The second-order valence-electron chi connectivity index (χ2n) is 5.67. The lowest BCUT2D eigenvalue weighted by molar-refractivity contribution is 0.0146. The summed E-state index contributed by atoms with van der Waals surface area (Å²) in [5.74, 6) is 0.753. The predicted octanol–water partition coefficient (Wildman–Crippen LogP) is 2.83. The number of alkyl halides is 1. The fourth-order valence-corrected chi connectivity index (χ4v) is 2.82. The van der Waals surface area contributed by atoms with E-state index in [9.17, 15) is 0 Å². The Hall–Kier alpha value is 0.130. The van der Waals surface area contributed by atoms with Gasteiger partial charge in [-0.15, -0.1) is 11.6 Å². The lowest BCUT2D eigenvalue weighted by Crippen LogP contribution is -2.26. The SMILES string of the molecule is CCCCOCCOCCOCCNCC1CCC(Cl)C1. The van der Waals surface area contributed by atoms with Gasteiger partial charge in [0.2, 0.25) is 0 Å². The van der Waals surface area contributed by atoms with E-state index in [1.807, 2.05) is 0 Å². The number of hydrogen-bond donors (Lipinski definition) is 1. The van der Waals surface area contributed by atoms with Gasteiger partial charge in [-0.05, 0) is 38.1 Å². The molecule has 1 fully saturated rings. The van der Waals surface area contributed by atoms with Gasteiger partial charge in [-0.25, -0.2) is 0 Å². The van der Waals surface area contributed by atoms with Crippen LogP contribution in [0.3, 0.4) is 0 Å². The number of unbranched alkanes of at least 4 members (excludes halogenated alkanes) is 1. The normalized spacial score (nSPS) is 22.0. The molecule has 0 radical (unpaired) electrons. The monoisotopic (exact) mass is 321 g/mol. The van der Waals surface area contributed by atoms with E-state index in [0.717, 1.165) is 45.1 Å². The summed E-state index contributed by atoms with van der Waals surface area (Å²) in [6.07, 6.45) is 5.89. The Balaban J connectivity index is 1.69. The quantitative estimate of drug-likeness (QED) is 0.394. The van der Waals surface area contributed by atoms with E-state index in [4.69, 9.17) is 25.8 Å². The highest BCUT2D eigenvalue weighted by atomic mass is 35.5. The topological polar surface area (TPSA) is 39.7 Å². The first-order chi connectivity index (χ1) is 10.3. The van der Waals surface area contributed by atoms with Gasteiger partial charge in [-0.2, -0.15) is 0 Å². The third-order valence-corrected chi connectivity index (χ3v) is 4.12. The lowest BCUT2D eigenvalue weighted by Gasteiger charge is -2.11. The van der Waals surface area contributed by atoms with Crippen molar-refractivity contribution in [2.75, 3.05) is 52.7 Å². The third kappa shape index (κ3) is 11.4. The zero-order chi connectivity index (χ0) is 15.2. The Morgan fingerprint density at radius 1 is 0.952 bits per heavy atom. The standard InChI is InChI=1S/C16H32ClNO3/c1-2-3-7-19-9-11-21-12-10-20-8-6-18-14-15-4-5-16(17)13-15/h15-16,18H,2-14H2,1H3. The highest BCUT2D eigenvalue weighted by molar-refractivity contribution is 6.20. The third-order valence-electron chi connectivity index (χ3n) is 3.72. The average molecular weight is 322 g/mol. The molecule has 5 heteroatoms. The molecule has 1 saturated carbocycles. The van der Waals surface area contributed by atoms with Crippen molar-refractivity contribution < 1.29 is 14.2 Å². The lowest BCUT2D eigenvalue weighted by atomic mass is 10.1. The van der Waals surface area contributed by atoms with Crippen LogP contribution in [-0.2, 0) is 14.2 Å². The van der Waals surface area contributed by atoms with Crippen LogP contribution in [0.1, 0.15) is 39.0 Å². The van der Waals surface area contributed by atoms with Crippen molar-refractivity contribution in [3.63, 3.8) is 0 Å². The van der Waals surface area contributed by atoms with Gasteiger partial charge in [-0.1, -0.05) is 13.3 Å². The summed E-state index contributed by atoms with van der Waals surface area (Å²) in [6.45, 7) is 8.37. The van der Waals surface area contributed by atoms with Crippen molar-refractivity contribution in [1.82, 2.24) is 5.32 Å². The smallest absolute Gasteiger partial charge is 0.0701 e. The van der Waals surface area contributed by atoms with Crippen LogP contribution in [0.25, 0.3) is 0 Å². The molecule has 4 nitrogen and oxygen atoms in total. The molecule has 0 aromatic carbocycles. The number of rotatable bonds is 14. The van der Waals surface area contributed by atoms with E-state index in [2.05, 4.69) is 12.2 Å². The minimum absolute atomic E-state index is 0.399. The van der Waals surface area contributed by atoms with Crippen molar-refractivity contribution in [1.29, 1.82) is 0 Å². The fourth-order valence-electron chi connectivity index (χ4n) is 2.44. The van der Waals surface area contributed by atoms with E-state index in [1.54, 1.807) is 0 Å². The van der Waals surface area contributed by atoms with Gasteiger partial charge in [0.15, 0.2) is 0 Å². The molecule has 126 valence electrons. The van der Waals surface area contributed by atoms with E-state index in [0.29, 0.717) is 31.8 Å². The van der Waals surface area contributed by atoms with E-state index in [1.165, 1.54) is 19.3 Å². The van der Waals surface area contributed by atoms with E-state index < -0.39 is 0 Å². The fraction of sp³-hybridized carbons (Fsp3) is 1.00. The number of halogens is 1. The van der Waals surface area contributed by atoms with Crippen LogP contribution in [0.2, 0.25) is 0 Å². The predicted molar refractivity (Wildman–Crippen MR) is 87.2 cm³/mol. The molecule has 21 heavy (non-hydrogen) atoms. The van der Waals surface area contributed by atoms with Crippen LogP contribution >= 0.6 is 11.6 Å². The van der Waals surface area contributed by atoms with Gasteiger partial charge in [0.25, 0.3) is 0 Å². The Labute approximate surface area is 134 Å². The summed E-state index contributed by atoms with van der Waals surface area (Å²) in [7, 11) is 0. The molecule has 0 spiro atoms. The van der Waals surface area contributed by atoms with Gasteiger partial charge in [0.05, 0.1) is 33.0 Å². The number of nitrogens with one attached hydrogen (secondary N) is 1. The minimum atomic E-state index is 0.399. The molecule has 1 rings (SSSR count). The minimum Gasteiger partial charge on any atom is -0.379 e. The molecule has 2 unspecified atom stereocenters. The maximum absolute atomic E-state index is 6.09. The zero-order valence-corrected chi connectivity index (χ0v) is 14.2. The van der Waals surface area contributed by atoms with Crippen molar-refractivity contribution in [2.24, 2.45) is 5.92 Å². The van der Waals surface area contributed by atoms with Crippen molar-refractivity contribution >= 4 is 11.6 Å². The molecule has 0 aromatic rings. The maximum atomic E-state index is 6.09. The molecule has 0 saturated heterocycles. The molecule has 0 heterocycles. The highest BCUT2D eigenvalue weighted by Crippen LogP contribution is 2.28. The van der Waals surface area contributed by atoms with Gasteiger partial charge in [-0.3, -0.25) is 0 Å². The van der Waals surface area contributed by atoms with E-state index in [-0.39, 0.29) is 0 Å². The molecule has 1 N–H and O–H groups in total. The van der Waals surface area contributed by atoms with E-state index >= 15 is 0 Å². The Bertz CT molecular complexity index is 232. The van der Waals surface area contributed by atoms with Crippen molar-refractivity contribution in [3.8, 4) is 0 Å². The van der Waals surface area contributed by atoms with Crippen molar-refractivity contribution in [2.45, 2.75) is 44.4 Å². The number of hydrogen-bond acceptors (Lipinski definition) is 4. The van der Waals surface area contributed by atoms with Gasteiger partial charge in [0.1, 0.15) is 0 Å². The van der Waals surface area contributed by atoms with Crippen molar-refractivity contribution in [3.05, 3.63) is 0 Å². The van der Waals surface area contributed by atoms with Crippen LogP contribution in [0.15, 0.2) is 0 Å². The molecule has 2 atom stereocenters. The zero-order valence-electron chi connectivity index (χ0n) is 13.4. The molecule has 1 aliphatic rings. The van der Waals surface area contributed by atoms with Gasteiger partial charge >= 0.3 is 0 Å². The van der Waals surface area contributed by atoms with Gasteiger partial charge in [0, 0.05) is 18.5 Å². The molecular formula is C16H32ClNO3. The Kier molecular flexibility index (Phi) is 12.6. The summed E-state index contributed by atoms with van der Waals surface area (Å²) in [5.41, 5.74) is 0. The maximum Gasteiger partial charge on any atom is 0.0701 e. The van der Waals surface area contributed by atoms with Crippen LogP contribution in [0, 0.1) is 5.92 Å². The van der Waals surface area contributed by atoms with Crippen LogP contribution < -0.4 is 5.32 Å². The van der Waals surface area contributed by atoms with Crippen LogP contribution in [0.4, 0.5) is 0 Å². The highest BCUT2D eigenvalue weighted by Gasteiger charge is 2.21. The first-order valence-electron chi connectivity index (χ1n) is 8.41. The molecule has 0 aromatic heterocycles. The number of ether oxygens (including phenoxy) is 3. The molecule has 1 aliphatic carbocycles. The summed E-state index contributed by atoms with van der Waals surface area (Å²) >= 11 is 6.09. The first kappa shape index (κ1) is 19.2. The Morgan fingerprint density at radius 2 is 1.62 bits per heavy atom. The van der Waals surface area contributed by atoms with Crippen LogP contribution in [0.5, 0.6) is 0 Å². The molecule has 0 aliphatic heterocycles. The molecule has 0 bridgehead atoms.